The molecule has 3 rings (SSSR count). The van der Waals surface area contributed by atoms with Gasteiger partial charge in [0.1, 0.15) is 5.82 Å². The van der Waals surface area contributed by atoms with E-state index in [0.29, 0.717) is 5.82 Å². The molecule has 0 aliphatic carbocycles. The number of aromatic nitrogens is 1. The lowest BCUT2D eigenvalue weighted by Gasteiger charge is -2.36. The van der Waals surface area contributed by atoms with Crippen LogP contribution in [-0.2, 0) is 6.54 Å². The SMILES string of the molecule is Cc1cc(N)ncc1N1CCN(Cc2ccccc2)CC1. The van der Waals surface area contributed by atoms with Gasteiger partial charge in [0.25, 0.3) is 0 Å². The molecule has 1 aliphatic heterocycles. The number of pyridine rings is 1. The number of nitrogens with zero attached hydrogens (tertiary/aromatic N) is 3. The van der Waals surface area contributed by atoms with E-state index in [1.54, 1.807) is 0 Å². The van der Waals surface area contributed by atoms with Gasteiger partial charge in [-0.2, -0.15) is 0 Å². The summed E-state index contributed by atoms with van der Waals surface area (Å²) < 4.78 is 0. The molecule has 2 N–H and O–H groups in total. The topological polar surface area (TPSA) is 45.4 Å². The molecule has 0 radical (unpaired) electrons. The van der Waals surface area contributed by atoms with Crippen molar-refractivity contribution >= 4 is 11.5 Å². The molecule has 2 aromatic rings. The van der Waals surface area contributed by atoms with Crippen molar-refractivity contribution in [1.29, 1.82) is 0 Å². The maximum atomic E-state index is 5.73. The summed E-state index contributed by atoms with van der Waals surface area (Å²) in [6.07, 6.45) is 1.90. The fraction of sp³-hybridized carbons (Fsp3) is 0.353. The Labute approximate surface area is 126 Å². The lowest BCUT2D eigenvalue weighted by molar-refractivity contribution is 0.250. The Morgan fingerprint density at radius 3 is 2.48 bits per heavy atom. The lowest BCUT2D eigenvalue weighted by Crippen LogP contribution is -2.46. The van der Waals surface area contributed by atoms with Crippen molar-refractivity contribution in [3.05, 3.63) is 53.7 Å². The molecule has 4 nitrogen and oxygen atoms in total. The zero-order valence-corrected chi connectivity index (χ0v) is 12.5. The van der Waals surface area contributed by atoms with Crippen LogP contribution in [0.4, 0.5) is 11.5 Å². The largest absolute Gasteiger partial charge is 0.384 e. The molecule has 0 unspecified atom stereocenters. The minimum atomic E-state index is 0.596. The number of nitrogen functional groups attached to an aromatic ring is 1. The number of benzene rings is 1. The van der Waals surface area contributed by atoms with Crippen molar-refractivity contribution in [2.24, 2.45) is 0 Å². The van der Waals surface area contributed by atoms with Crippen LogP contribution in [-0.4, -0.2) is 36.1 Å². The van der Waals surface area contributed by atoms with Crippen LogP contribution in [0, 0.1) is 6.92 Å². The summed E-state index contributed by atoms with van der Waals surface area (Å²) >= 11 is 0. The van der Waals surface area contributed by atoms with Crippen molar-refractivity contribution in [3.63, 3.8) is 0 Å². The van der Waals surface area contributed by atoms with Gasteiger partial charge < -0.3 is 10.6 Å². The van der Waals surface area contributed by atoms with Gasteiger partial charge in [0.2, 0.25) is 0 Å². The molecule has 0 saturated carbocycles. The molecule has 1 aromatic carbocycles. The van der Waals surface area contributed by atoms with E-state index in [1.165, 1.54) is 16.8 Å². The third-order valence-corrected chi connectivity index (χ3v) is 4.07. The number of piperazine rings is 1. The Morgan fingerprint density at radius 1 is 1.10 bits per heavy atom. The smallest absolute Gasteiger partial charge is 0.123 e. The molecule has 0 amide bonds. The van der Waals surface area contributed by atoms with Gasteiger partial charge in [-0.1, -0.05) is 30.3 Å². The molecule has 1 aliphatic rings. The fourth-order valence-electron chi connectivity index (χ4n) is 2.89. The maximum absolute atomic E-state index is 5.73. The van der Waals surface area contributed by atoms with Crippen LogP contribution in [0.1, 0.15) is 11.1 Å². The predicted molar refractivity (Wildman–Crippen MR) is 87.3 cm³/mol. The fourth-order valence-corrected chi connectivity index (χ4v) is 2.89. The first kappa shape index (κ1) is 13.9. The van der Waals surface area contributed by atoms with Gasteiger partial charge in [-0.25, -0.2) is 4.98 Å². The van der Waals surface area contributed by atoms with Gasteiger partial charge in [-0.05, 0) is 24.1 Å². The highest BCUT2D eigenvalue weighted by atomic mass is 15.3. The third kappa shape index (κ3) is 3.34. The van der Waals surface area contributed by atoms with E-state index in [4.69, 9.17) is 5.73 Å². The summed E-state index contributed by atoms with van der Waals surface area (Å²) in [6, 6.07) is 12.6. The average molecular weight is 282 g/mol. The van der Waals surface area contributed by atoms with Crippen LogP contribution < -0.4 is 10.6 Å². The lowest BCUT2D eigenvalue weighted by atomic mass is 10.1. The molecule has 0 atom stereocenters. The molecular formula is C17H22N4. The average Bonchev–Trinajstić information content (AvgIpc) is 2.49. The molecule has 110 valence electrons. The second-order valence-corrected chi connectivity index (χ2v) is 5.64. The van der Waals surface area contributed by atoms with Gasteiger partial charge in [-0.3, -0.25) is 4.90 Å². The number of aryl methyl sites for hydroxylation is 1. The van der Waals surface area contributed by atoms with Crippen molar-refractivity contribution in [2.75, 3.05) is 36.8 Å². The minimum absolute atomic E-state index is 0.596. The zero-order valence-electron chi connectivity index (χ0n) is 12.5. The Morgan fingerprint density at radius 2 is 1.81 bits per heavy atom. The molecular weight excluding hydrogens is 260 g/mol. The normalized spacial score (nSPS) is 16.1. The summed E-state index contributed by atoms with van der Waals surface area (Å²) in [7, 11) is 0. The maximum Gasteiger partial charge on any atom is 0.123 e. The van der Waals surface area contributed by atoms with Crippen LogP contribution >= 0.6 is 0 Å². The number of nitrogens with two attached hydrogens (primary N) is 1. The van der Waals surface area contributed by atoms with Crippen molar-refractivity contribution in [2.45, 2.75) is 13.5 Å². The Kier molecular flexibility index (Phi) is 4.06. The summed E-state index contributed by atoms with van der Waals surface area (Å²) in [5.74, 6) is 0.596. The van der Waals surface area contributed by atoms with Crippen molar-refractivity contribution in [1.82, 2.24) is 9.88 Å². The first-order valence-electron chi connectivity index (χ1n) is 7.46. The van der Waals surface area contributed by atoms with Crippen LogP contribution in [0.2, 0.25) is 0 Å². The van der Waals surface area contributed by atoms with E-state index in [1.807, 2.05) is 12.3 Å². The van der Waals surface area contributed by atoms with Gasteiger partial charge in [0.15, 0.2) is 0 Å². The first-order chi connectivity index (χ1) is 10.2. The van der Waals surface area contributed by atoms with E-state index >= 15 is 0 Å². The van der Waals surface area contributed by atoms with Crippen LogP contribution in [0.25, 0.3) is 0 Å². The predicted octanol–water partition coefficient (Wildman–Crippen LogP) is 2.29. The summed E-state index contributed by atoms with van der Waals surface area (Å²) in [4.78, 5) is 9.14. The number of anilines is 2. The van der Waals surface area contributed by atoms with Crippen LogP contribution in [0.3, 0.4) is 0 Å². The molecule has 1 saturated heterocycles. The van der Waals surface area contributed by atoms with Crippen LogP contribution in [0.15, 0.2) is 42.6 Å². The molecule has 0 spiro atoms. The number of hydrogen-bond acceptors (Lipinski definition) is 4. The van der Waals surface area contributed by atoms with Gasteiger partial charge in [0, 0.05) is 32.7 Å². The van der Waals surface area contributed by atoms with E-state index in [9.17, 15) is 0 Å². The molecule has 1 aromatic heterocycles. The number of rotatable bonds is 3. The quantitative estimate of drug-likeness (QED) is 0.938. The summed E-state index contributed by atoms with van der Waals surface area (Å²) in [6.45, 7) is 7.38. The Hall–Kier alpha value is -2.07. The minimum Gasteiger partial charge on any atom is -0.384 e. The highest BCUT2D eigenvalue weighted by molar-refractivity contribution is 5.55. The van der Waals surface area contributed by atoms with E-state index in [-0.39, 0.29) is 0 Å². The van der Waals surface area contributed by atoms with Gasteiger partial charge in [-0.15, -0.1) is 0 Å². The van der Waals surface area contributed by atoms with Crippen molar-refractivity contribution < 1.29 is 0 Å². The molecule has 2 heterocycles. The van der Waals surface area contributed by atoms with Gasteiger partial charge in [0.05, 0.1) is 11.9 Å². The second-order valence-electron chi connectivity index (χ2n) is 5.64. The highest BCUT2D eigenvalue weighted by Gasteiger charge is 2.18. The Balaban J connectivity index is 1.60. The molecule has 4 heteroatoms. The molecule has 0 bridgehead atoms. The standard InChI is InChI=1S/C17H22N4/c1-14-11-17(18)19-12-16(14)21-9-7-20(8-10-21)13-15-5-3-2-4-6-15/h2-6,11-12H,7-10,13H2,1H3,(H2,18,19). The molecule has 21 heavy (non-hydrogen) atoms. The number of hydrogen-bond donors (Lipinski definition) is 1. The summed E-state index contributed by atoms with van der Waals surface area (Å²) in [5, 5.41) is 0. The van der Waals surface area contributed by atoms with Gasteiger partial charge >= 0.3 is 0 Å². The highest BCUT2D eigenvalue weighted by Crippen LogP contribution is 2.22. The van der Waals surface area contributed by atoms with Crippen LogP contribution in [0.5, 0.6) is 0 Å². The van der Waals surface area contributed by atoms with Crippen molar-refractivity contribution in [3.8, 4) is 0 Å². The monoisotopic (exact) mass is 282 g/mol. The van der Waals surface area contributed by atoms with E-state index in [2.05, 4.69) is 52.0 Å². The second kappa shape index (κ2) is 6.14. The Bertz CT molecular complexity index is 589. The molecule has 1 fully saturated rings. The zero-order chi connectivity index (χ0) is 14.7. The van der Waals surface area contributed by atoms with E-state index in [0.717, 1.165) is 32.7 Å². The first-order valence-corrected chi connectivity index (χ1v) is 7.46. The van der Waals surface area contributed by atoms with E-state index < -0.39 is 0 Å². The third-order valence-electron chi connectivity index (χ3n) is 4.07. The summed E-state index contributed by atoms with van der Waals surface area (Å²) in [5.41, 5.74) is 9.53.